The van der Waals surface area contributed by atoms with Crippen molar-refractivity contribution in [1.29, 1.82) is 0 Å². The monoisotopic (exact) mass is 328 g/mol. The summed E-state index contributed by atoms with van der Waals surface area (Å²) in [5, 5.41) is 1.42. The standard InChI is InChI=1S/C12H10BrClN2S/c13-8-5-6(1-3-9(8)14)7-2-4-10-11(7)17-12(15)16-10/h1,3,5,7H,2,4H2,(H2,15,16). The van der Waals surface area contributed by atoms with E-state index in [2.05, 4.69) is 33.0 Å². The molecule has 0 spiro atoms. The SMILES string of the molecule is Nc1nc2c(s1)C(c1ccc(Cl)c(Br)c1)CC2. The fourth-order valence-electron chi connectivity index (χ4n) is 2.29. The Balaban J connectivity index is 2.03. The fourth-order valence-corrected chi connectivity index (χ4v) is 3.85. The highest BCUT2D eigenvalue weighted by Crippen LogP contribution is 2.43. The van der Waals surface area contributed by atoms with Crippen LogP contribution in [0.15, 0.2) is 22.7 Å². The number of hydrogen-bond donors (Lipinski definition) is 1. The van der Waals surface area contributed by atoms with Gasteiger partial charge in [0, 0.05) is 15.3 Å². The number of halogens is 2. The molecular weight excluding hydrogens is 320 g/mol. The first-order valence-corrected chi connectivity index (χ1v) is 7.34. The third-order valence-corrected chi connectivity index (χ3v) is 5.33. The number of nitrogens with two attached hydrogens (primary N) is 1. The lowest BCUT2D eigenvalue weighted by molar-refractivity contribution is 0.790. The van der Waals surface area contributed by atoms with Gasteiger partial charge in [-0.2, -0.15) is 0 Å². The molecule has 1 unspecified atom stereocenters. The highest BCUT2D eigenvalue weighted by molar-refractivity contribution is 9.10. The molecular formula is C12H10BrClN2S. The van der Waals surface area contributed by atoms with Crippen LogP contribution in [-0.2, 0) is 6.42 Å². The highest BCUT2D eigenvalue weighted by Gasteiger charge is 2.28. The lowest BCUT2D eigenvalue weighted by Crippen LogP contribution is -1.94. The highest BCUT2D eigenvalue weighted by atomic mass is 79.9. The Kier molecular flexibility index (Phi) is 2.89. The van der Waals surface area contributed by atoms with Gasteiger partial charge in [0.25, 0.3) is 0 Å². The van der Waals surface area contributed by atoms with Crippen molar-refractivity contribution >= 4 is 44.0 Å². The van der Waals surface area contributed by atoms with Crippen LogP contribution in [0.4, 0.5) is 5.13 Å². The molecule has 1 aromatic carbocycles. The van der Waals surface area contributed by atoms with Crippen molar-refractivity contribution in [3.05, 3.63) is 43.8 Å². The molecule has 1 aliphatic carbocycles. The van der Waals surface area contributed by atoms with Crippen LogP contribution in [0.3, 0.4) is 0 Å². The zero-order valence-electron chi connectivity index (χ0n) is 8.91. The van der Waals surface area contributed by atoms with Gasteiger partial charge < -0.3 is 5.73 Å². The van der Waals surface area contributed by atoms with Crippen molar-refractivity contribution in [3.8, 4) is 0 Å². The number of nitrogens with zero attached hydrogens (tertiary/aromatic N) is 1. The molecule has 1 atom stereocenters. The molecule has 0 bridgehead atoms. The van der Waals surface area contributed by atoms with Gasteiger partial charge in [-0.25, -0.2) is 4.98 Å². The lowest BCUT2D eigenvalue weighted by atomic mass is 9.99. The predicted octanol–water partition coefficient (Wildman–Crippen LogP) is 4.22. The maximum Gasteiger partial charge on any atom is 0.180 e. The molecule has 0 saturated heterocycles. The molecule has 3 rings (SSSR count). The summed E-state index contributed by atoms with van der Waals surface area (Å²) in [4.78, 5) is 5.68. The minimum Gasteiger partial charge on any atom is -0.375 e. The Labute approximate surface area is 117 Å². The van der Waals surface area contributed by atoms with Crippen molar-refractivity contribution in [2.75, 3.05) is 5.73 Å². The summed E-state index contributed by atoms with van der Waals surface area (Å²) >= 11 is 11.1. The number of rotatable bonds is 1. The lowest BCUT2D eigenvalue weighted by Gasteiger charge is -2.10. The number of nitrogen functional groups attached to an aromatic ring is 1. The summed E-state index contributed by atoms with van der Waals surface area (Å²) in [6.45, 7) is 0. The van der Waals surface area contributed by atoms with Gasteiger partial charge in [0.15, 0.2) is 5.13 Å². The smallest absolute Gasteiger partial charge is 0.180 e. The van der Waals surface area contributed by atoms with Gasteiger partial charge in [-0.15, -0.1) is 11.3 Å². The molecule has 5 heteroatoms. The van der Waals surface area contributed by atoms with E-state index in [1.165, 1.54) is 16.1 Å². The van der Waals surface area contributed by atoms with E-state index >= 15 is 0 Å². The zero-order chi connectivity index (χ0) is 12.0. The number of benzene rings is 1. The van der Waals surface area contributed by atoms with E-state index in [1.807, 2.05) is 6.07 Å². The summed E-state index contributed by atoms with van der Waals surface area (Å²) < 4.78 is 0.947. The van der Waals surface area contributed by atoms with Crippen LogP contribution in [0.25, 0.3) is 0 Å². The van der Waals surface area contributed by atoms with E-state index in [1.54, 1.807) is 11.3 Å². The molecule has 0 saturated carbocycles. The number of fused-ring (bicyclic) bond motifs is 1. The van der Waals surface area contributed by atoms with E-state index in [0.29, 0.717) is 11.0 Å². The number of aryl methyl sites for hydroxylation is 1. The average Bonchev–Trinajstić information content (AvgIpc) is 2.81. The summed E-state index contributed by atoms with van der Waals surface area (Å²) in [5.74, 6) is 0.424. The van der Waals surface area contributed by atoms with Gasteiger partial charge in [-0.1, -0.05) is 17.7 Å². The number of hydrogen-bond acceptors (Lipinski definition) is 3. The van der Waals surface area contributed by atoms with Gasteiger partial charge in [0.1, 0.15) is 0 Å². The van der Waals surface area contributed by atoms with Crippen LogP contribution in [-0.4, -0.2) is 4.98 Å². The molecule has 0 radical (unpaired) electrons. The van der Waals surface area contributed by atoms with E-state index in [9.17, 15) is 0 Å². The first-order chi connectivity index (χ1) is 8.15. The second kappa shape index (κ2) is 4.26. The number of thiazole rings is 1. The van der Waals surface area contributed by atoms with Gasteiger partial charge in [0.05, 0.1) is 10.7 Å². The molecule has 2 nitrogen and oxygen atoms in total. The van der Waals surface area contributed by atoms with Crippen LogP contribution >= 0.6 is 38.9 Å². The van der Waals surface area contributed by atoms with Crippen molar-refractivity contribution in [3.63, 3.8) is 0 Å². The maximum atomic E-state index is 6.02. The van der Waals surface area contributed by atoms with Crippen molar-refractivity contribution in [2.45, 2.75) is 18.8 Å². The molecule has 88 valence electrons. The van der Waals surface area contributed by atoms with Crippen LogP contribution in [0, 0.1) is 0 Å². The molecule has 2 aromatic rings. The van der Waals surface area contributed by atoms with Crippen molar-refractivity contribution in [2.24, 2.45) is 0 Å². The Hall–Kier alpha value is -0.580. The Morgan fingerprint density at radius 1 is 1.47 bits per heavy atom. The van der Waals surface area contributed by atoms with Crippen LogP contribution in [0.5, 0.6) is 0 Å². The minimum atomic E-state index is 0.424. The second-order valence-electron chi connectivity index (χ2n) is 4.13. The quantitative estimate of drug-likeness (QED) is 0.851. The van der Waals surface area contributed by atoms with Gasteiger partial charge in [-0.05, 0) is 46.5 Å². The molecule has 1 heterocycles. The molecule has 0 fully saturated rings. The van der Waals surface area contributed by atoms with Crippen molar-refractivity contribution in [1.82, 2.24) is 4.98 Å². The van der Waals surface area contributed by atoms with Crippen molar-refractivity contribution < 1.29 is 0 Å². The molecule has 1 aromatic heterocycles. The third-order valence-electron chi connectivity index (χ3n) is 3.08. The maximum absolute atomic E-state index is 6.02. The number of aromatic nitrogens is 1. The molecule has 0 amide bonds. The van der Waals surface area contributed by atoms with Crippen LogP contribution < -0.4 is 5.73 Å². The summed E-state index contributed by atoms with van der Waals surface area (Å²) in [5.41, 5.74) is 8.21. The Bertz CT molecular complexity index is 582. The Morgan fingerprint density at radius 3 is 3.06 bits per heavy atom. The fraction of sp³-hybridized carbons (Fsp3) is 0.250. The number of anilines is 1. The first-order valence-electron chi connectivity index (χ1n) is 5.35. The largest absolute Gasteiger partial charge is 0.375 e. The average molecular weight is 330 g/mol. The first kappa shape index (κ1) is 11.5. The van der Waals surface area contributed by atoms with E-state index in [4.69, 9.17) is 17.3 Å². The predicted molar refractivity (Wildman–Crippen MR) is 75.8 cm³/mol. The summed E-state index contributed by atoms with van der Waals surface area (Å²) in [7, 11) is 0. The van der Waals surface area contributed by atoms with Gasteiger partial charge >= 0.3 is 0 Å². The minimum absolute atomic E-state index is 0.424. The van der Waals surface area contributed by atoms with E-state index < -0.39 is 0 Å². The van der Waals surface area contributed by atoms with Crippen LogP contribution in [0.1, 0.15) is 28.5 Å². The zero-order valence-corrected chi connectivity index (χ0v) is 12.1. The van der Waals surface area contributed by atoms with Crippen LogP contribution in [0.2, 0.25) is 5.02 Å². The summed E-state index contributed by atoms with van der Waals surface area (Å²) in [6.07, 6.45) is 2.14. The normalized spacial score (nSPS) is 18.4. The van der Waals surface area contributed by atoms with Gasteiger partial charge in [0.2, 0.25) is 0 Å². The summed E-state index contributed by atoms with van der Waals surface area (Å²) in [6, 6.07) is 6.12. The topological polar surface area (TPSA) is 38.9 Å². The van der Waals surface area contributed by atoms with E-state index in [-0.39, 0.29) is 0 Å². The van der Waals surface area contributed by atoms with Gasteiger partial charge in [-0.3, -0.25) is 0 Å². The van der Waals surface area contributed by atoms with E-state index in [0.717, 1.165) is 22.3 Å². The second-order valence-corrected chi connectivity index (χ2v) is 6.45. The molecule has 2 N–H and O–H groups in total. The molecule has 17 heavy (non-hydrogen) atoms. The Morgan fingerprint density at radius 2 is 2.29 bits per heavy atom. The molecule has 0 aliphatic heterocycles. The molecule has 1 aliphatic rings. The third kappa shape index (κ3) is 1.98.